The molecule has 2 aliphatic rings. The third kappa shape index (κ3) is 1.52. The second-order valence-corrected chi connectivity index (χ2v) is 5.59. The van der Waals surface area contributed by atoms with Crippen LogP contribution in [0.2, 0.25) is 0 Å². The van der Waals surface area contributed by atoms with Gasteiger partial charge < -0.3 is 4.74 Å². The van der Waals surface area contributed by atoms with Crippen molar-refractivity contribution in [2.24, 2.45) is 11.3 Å². The molecule has 1 spiro atoms. The average Bonchev–Trinajstić information content (AvgIpc) is 2.03. The Morgan fingerprint density at radius 3 is 1.85 bits per heavy atom. The summed E-state index contributed by atoms with van der Waals surface area (Å²) in [4.78, 5) is 0. The molecule has 0 aromatic carbocycles. The standard InChI is InChI=1S/C12H22O/c1-10(2)11(3)4-6-12(7-5-11)8-9-13-12/h10H,4-9H2,1-3H3. The zero-order valence-corrected chi connectivity index (χ0v) is 9.23. The topological polar surface area (TPSA) is 9.23 Å². The van der Waals surface area contributed by atoms with Gasteiger partial charge >= 0.3 is 0 Å². The van der Waals surface area contributed by atoms with E-state index in [2.05, 4.69) is 20.8 Å². The molecule has 0 N–H and O–H groups in total. The molecule has 1 heterocycles. The van der Waals surface area contributed by atoms with Crippen LogP contribution in [-0.4, -0.2) is 12.2 Å². The summed E-state index contributed by atoms with van der Waals surface area (Å²) in [6, 6.07) is 0. The van der Waals surface area contributed by atoms with Gasteiger partial charge in [-0.25, -0.2) is 0 Å². The van der Waals surface area contributed by atoms with E-state index in [1.54, 1.807) is 0 Å². The molecular formula is C12H22O. The Morgan fingerprint density at radius 2 is 1.54 bits per heavy atom. The van der Waals surface area contributed by atoms with Crippen LogP contribution in [0.15, 0.2) is 0 Å². The maximum atomic E-state index is 5.73. The van der Waals surface area contributed by atoms with E-state index in [1.165, 1.54) is 32.1 Å². The van der Waals surface area contributed by atoms with Crippen LogP contribution in [0, 0.1) is 11.3 Å². The van der Waals surface area contributed by atoms with E-state index in [0.717, 1.165) is 12.5 Å². The highest BCUT2D eigenvalue weighted by Crippen LogP contribution is 2.50. The van der Waals surface area contributed by atoms with Gasteiger partial charge in [0.05, 0.1) is 12.2 Å². The average molecular weight is 182 g/mol. The molecule has 13 heavy (non-hydrogen) atoms. The number of rotatable bonds is 1. The second kappa shape index (κ2) is 2.98. The van der Waals surface area contributed by atoms with E-state index >= 15 is 0 Å². The quantitative estimate of drug-likeness (QED) is 0.604. The Balaban J connectivity index is 1.95. The van der Waals surface area contributed by atoms with Gasteiger partial charge in [0, 0.05) is 0 Å². The molecule has 2 rings (SSSR count). The zero-order valence-electron chi connectivity index (χ0n) is 9.23. The maximum absolute atomic E-state index is 5.73. The lowest BCUT2D eigenvalue weighted by Gasteiger charge is -2.51. The molecule has 1 saturated heterocycles. The van der Waals surface area contributed by atoms with Gasteiger partial charge in [-0.2, -0.15) is 0 Å². The van der Waals surface area contributed by atoms with Crippen molar-refractivity contribution < 1.29 is 4.74 Å². The number of hydrogen-bond acceptors (Lipinski definition) is 1. The van der Waals surface area contributed by atoms with Crippen molar-refractivity contribution in [2.45, 2.75) is 58.5 Å². The fourth-order valence-corrected chi connectivity index (χ4v) is 2.64. The normalized spacial score (nSPS) is 45.2. The molecule has 2 fully saturated rings. The van der Waals surface area contributed by atoms with Gasteiger partial charge in [0.2, 0.25) is 0 Å². The smallest absolute Gasteiger partial charge is 0.0704 e. The molecule has 1 heteroatoms. The van der Waals surface area contributed by atoms with Crippen LogP contribution < -0.4 is 0 Å². The van der Waals surface area contributed by atoms with Crippen molar-refractivity contribution in [1.82, 2.24) is 0 Å². The summed E-state index contributed by atoms with van der Waals surface area (Å²) in [5.41, 5.74) is 0.929. The van der Waals surface area contributed by atoms with E-state index in [1.807, 2.05) is 0 Å². The van der Waals surface area contributed by atoms with E-state index in [9.17, 15) is 0 Å². The van der Waals surface area contributed by atoms with Crippen molar-refractivity contribution in [1.29, 1.82) is 0 Å². The summed E-state index contributed by atoms with van der Waals surface area (Å²) in [6.45, 7) is 8.18. The van der Waals surface area contributed by atoms with Gasteiger partial charge in [0.1, 0.15) is 0 Å². The first-order valence-electron chi connectivity index (χ1n) is 5.70. The molecule has 0 atom stereocenters. The van der Waals surface area contributed by atoms with Gasteiger partial charge in [0.25, 0.3) is 0 Å². The van der Waals surface area contributed by atoms with Gasteiger partial charge in [0.15, 0.2) is 0 Å². The van der Waals surface area contributed by atoms with Gasteiger partial charge in [-0.1, -0.05) is 20.8 Å². The van der Waals surface area contributed by atoms with Crippen LogP contribution in [0.4, 0.5) is 0 Å². The second-order valence-electron chi connectivity index (χ2n) is 5.59. The minimum Gasteiger partial charge on any atom is -0.375 e. The van der Waals surface area contributed by atoms with Crippen LogP contribution in [0.25, 0.3) is 0 Å². The summed E-state index contributed by atoms with van der Waals surface area (Å²) in [5, 5.41) is 0. The zero-order chi connectivity index (χ0) is 9.53. The maximum Gasteiger partial charge on any atom is 0.0704 e. The molecule has 0 radical (unpaired) electrons. The van der Waals surface area contributed by atoms with E-state index in [4.69, 9.17) is 4.74 Å². The van der Waals surface area contributed by atoms with E-state index in [0.29, 0.717) is 11.0 Å². The molecule has 0 aromatic heterocycles. The van der Waals surface area contributed by atoms with Crippen LogP contribution in [-0.2, 0) is 4.74 Å². The first kappa shape index (κ1) is 9.51. The van der Waals surface area contributed by atoms with E-state index < -0.39 is 0 Å². The molecule has 76 valence electrons. The highest BCUT2D eigenvalue weighted by Gasteiger charge is 2.45. The van der Waals surface area contributed by atoms with Crippen molar-refractivity contribution in [3.8, 4) is 0 Å². The molecule has 1 saturated carbocycles. The van der Waals surface area contributed by atoms with Crippen molar-refractivity contribution in [3.05, 3.63) is 0 Å². The summed E-state index contributed by atoms with van der Waals surface area (Å²) >= 11 is 0. The molecule has 0 bridgehead atoms. The van der Waals surface area contributed by atoms with Gasteiger partial charge in [-0.15, -0.1) is 0 Å². The molecular weight excluding hydrogens is 160 g/mol. The third-order valence-electron chi connectivity index (χ3n) is 4.66. The minimum atomic E-state index is 0.342. The lowest BCUT2D eigenvalue weighted by molar-refractivity contribution is -0.180. The highest BCUT2D eigenvalue weighted by molar-refractivity contribution is 4.96. The van der Waals surface area contributed by atoms with Crippen LogP contribution in [0.1, 0.15) is 52.9 Å². The molecule has 0 aromatic rings. The Morgan fingerprint density at radius 1 is 1.00 bits per heavy atom. The van der Waals surface area contributed by atoms with Gasteiger partial charge in [-0.3, -0.25) is 0 Å². The largest absolute Gasteiger partial charge is 0.375 e. The van der Waals surface area contributed by atoms with Crippen molar-refractivity contribution >= 4 is 0 Å². The summed E-state index contributed by atoms with van der Waals surface area (Å²) in [6.07, 6.45) is 6.67. The summed E-state index contributed by atoms with van der Waals surface area (Å²) < 4.78 is 5.73. The first-order valence-corrected chi connectivity index (χ1v) is 5.70. The Hall–Kier alpha value is -0.0400. The Labute approximate surface area is 81.9 Å². The van der Waals surface area contributed by atoms with Crippen LogP contribution in [0.3, 0.4) is 0 Å². The monoisotopic (exact) mass is 182 g/mol. The molecule has 1 aliphatic carbocycles. The van der Waals surface area contributed by atoms with E-state index in [-0.39, 0.29) is 0 Å². The fourth-order valence-electron chi connectivity index (χ4n) is 2.64. The molecule has 1 aliphatic heterocycles. The third-order valence-corrected chi connectivity index (χ3v) is 4.66. The van der Waals surface area contributed by atoms with Crippen LogP contribution in [0.5, 0.6) is 0 Å². The lowest BCUT2D eigenvalue weighted by Crippen LogP contribution is -2.49. The summed E-state index contributed by atoms with van der Waals surface area (Å²) in [7, 11) is 0. The SMILES string of the molecule is CC(C)C1(C)CCC2(CCO2)CC1. The summed E-state index contributed by atoms with van der Waals surface area (Å²) in [5.74, 6) is 0.824. The highest BCUT2D eigenvalue weighted by atomic mass is 16.5. The first-order chi connectivity index (χ1) is 6.06. The molecule has 1 nitrogen and oxygen atoms in total. The number of hydrogen-bond donors (Lipinski definition) is 0. The Bertz CT molecular complexity index is 181. The molecule has 0 unspecified atom stereocenters. The van der Waals surface area contributed by atoms with Crippen molar-refractivity contribution in [2.75, 3.05) is 6.61 Å². The predicted octanol–water partition coefficient (Wildman–Crippen LogP) is 3.38. The number of ether oxygens (including phenoxy) is 1. The van der Waals surface area contributed by atoms with Gasteiger partial charge in [-0.05, 0) is 43.4 Å². The predicted molar refractivity (Wildman–Crippen MR) is 54.7 cm³/mol. The van der Waals surface area contributed by atoms with Crippen LogP contribution >= 0.6 is 0 Å². The lowest BCUT2D eigenvalue weighted by atomic mass is 9.63. The molecule has 0 amide bonds. The fraction of sp³-hybridized carbons (Fsp3) is 1.00. The Kier molecular flexibility index (Phi) is 2.18. The van der Waals surface area contributed by atoms with Crippen molar-refractivity contribution in [3.63, 3.8) is 0 Å². The minimum absolute atomic E-state index is 0.342.